The fraction of sp³-hybridized carbons (Fsp3) is 0.500. The highest BCUT2D eigenvalue weighted by Gasteiger charge is 2.40. The van der Waals surface area contributed by atoms with E-state index < -0.39 is 10.0 Å². The van der Waals surface area contributed by atoms with E-state index in [1.54, 1.807) is 30.3 Å². The number of nitrogens with one attached hydrogen (secondary N) is 1. The molecule has 148 valence electrons. The van der Waals surface area contributed by atoms with E-state index in [0.29, 0.717) is 28.6 Å². The second-order valence-corrected chi connectivity index (χ2v) is 8.41. The molecule has 0 aliphatic heterocycles. The van der Waals surface area contributed by atoms with Crippen LogP contribution >= 0.6 is 0 Å². The second kappa shape index (κ2) is 7.40. The number of nitrogens with zero attached hydrogens (tertiary/aromatic N) is 2. The zero-order valence-electron chi connectivity index (χ0n) is 16.2. The molecule has 1 N–H and O–H groups in total. The normalized spacial score (nSPS) is 14.4. The fourth-order valence-electron chi connectivity index (χ4n) is 3.22. The molecule has 1 aromatic heterocycles. The van der Waals surface area contributed by atoms with Gasteiger partial charge in [-0.1, -0.05) is 0 Å². The summed E-state index contributed by atoms with van der Waals surface area (Å²) in [6.07, 6.45) is 1.69. The quantitative estimate of drug-likeness (QED) is 0.738. The van der Waals surface area contributed by atoms with E-state index in [9.17, 15) is 8.42 Å². The van der Waals surface area contributed by atoms with E-state index in [-0.39, 0.29) is 17.5 Å². The van der Waals surface area contributed by atoms with Crippen LogP contribution in [0.2, 0.25) is 0 Å². The summed E-state index contributed by atoms with van der Waals surface area (Å²) in [4.78, 5) is 0.252. The minimum Gasteiger partial charge on any atom is -0.493 e. The smallest absolute Gasteiger partial charge is 0.247 e. The number of hydrogen-bond donors (Lipinski definition) is 1. The molecule has 0 saturated heterocycles. The summed E-state index contributed by atoms with van der Waals surface area (Å²) >= 11 is 0. The molecule has 1 aliphatic rings. The summed E-state index contributed by atoms with van der Waals surface area (Å²) in [5, 5.41) is 6.80. The largest absolute Gasteiger partial charge is 0.493 e. The fourth-order valence-corrected chi connectivity index (χ4v) is 5.23. The number of methoxy groups -OCH3 is 3. The maximum atomic E-state index is 13.3. The lowest BCUT2D eigenvalue weighted by atomic mass is 10.1. The third kappa shape index (κ3) is 3.61. The molecule has 1 aliphatic carbocycles. The van der Waals surface area contributed by atoms with Gasteiger partial charge in [0.05, 0.1) is 32.7 Å². The lowest BCUT2D eigenvalue weighted by Crippen LogP contribution is -2.33. The predicted molar refractivity (Wildman–Crippen MR) is 99.9 cm³/mol. The van der Waals surface area contributed by atoms with E-state index >= 15 is 0 Å². The maximum Gasteiger partial charge on any atom is 0.247 e. The van der Waals surface area contributed by atoms with Crippen molar-refractivity contribution in [1.82, 2.24) is 14.5 Å². The van der Waals surface area contributed by atoms with Crippen molar-refractivity contribution >= 4 is 10.0 Å². The number of sulfonamides is 1. The van der Waals surface area contributed by atoms with Gasteiger partial charge in [-0.2, -0.15) is 9.40 Å². The summed E-state index contributed by atoms with van der Waals surface area (Å²) in [6, 6.07) is 3.55. The third-order valence-electron chi connectivity index (χ3n) is 4.64. The number of aromatic amines is 1. The molecule has 0 amide bonds. The molecule has 1 saturated carbocycles. The van der Waals surface area contributed by atoms with Gasteiger partial charge in [-0.3, -0.25) is 5.10 Å². The molecule has 0 radical (unpaired) electrons. The van der Waals surface area contributed by atoms with Crippen molar-refractivity contribution in [2.45, 2.75) is 44.2 Å². The molecule has 0 bridgehead atoms. The van der Waals surface area contributed by atoms with Crippen molar-refractivity contribution in [2.24, 2.45) is 0 Å². The van der Waals surface area contributed by atoms with Gasteiger partial charge < -0.3 is 14.2 Å². The number of ether oxygens (including phenoxy) is 3. The molecule has 27 heavy (non-hydrogen) atoms. The number of aromatic nitrogens is 2. The van der Waals surface area contributed by atoms with Crippen molar-refractivity contribution in [1.29, 1.82) is 0 Å². The Morgan fingerprint density at radius 3 is 2.11 bits per heavy atom. The van der Waals surface area contributed by atoms with Gasteiger partial charge in [0.15, 0.2) is 11.5 Å². The first-order chi connectivity index (χ1) is 12.8. The number of H-pyrrole nitrogens is 1. The van der Waals surface area contributed by atoms with Crippen LogP contribution in [-0.4, -0.2) is 50.3 Å². The molecule has 3 rings (SSSR count). The van der Waals surface area contributed by atoms with Crippen LogP contribution in [0, 0.1) is 13.8 Å². The highest BCUT2D eigenvalue weighted by Crippen LogP contribution is 2.40. The molecule has 1 heterocycles. The molecule has 0 unspecified atom stereocenters. The van der Waals surface area contributed by atoms with Gasteiger partial charge in [-0.05, 0) is 44.4 Å². The second-order valence-electron chi connectivity index (χ2n) is 6.58. The highest BCUT2D eigenvalue weighted by molar-refractivity contribution is 7.89. The van der Waals surface area contributed by atoms with Crippen LogP contribution in [0.25, 0.3) is 0 Å². The minimum absolute atomic E-state index is 0.0113. The van der Waals surface area contributed by atoms with Crippen molar-refractivity contribution in [3.8, 4) is 17.2 Å². The minimum atomic E-state index is -3.68. The Bertz CT molecular complexity index is 890. The Morgan fingerprint density at radius 2 is 1.70 bits per heavy atom. The van der Waals surface area contributed by atoms with E-state index in [0.717, 1.165) is 18.4 Å². The Kier molecular flexibility index (Phi) is 5.34. The molecule has 0 atom stereocenters. The van der Waals surface area contributed by atoms with Gasteiger partial charge in [0, 0.05) is 12.6 Å². The number of benzene rings is 1. The topological polar surface area (TPSA) is 93.8 Å². The van der Waals surface area contributed by atoms with Gasteiger partial charge >= 0.3 is 0 Å². The zero-order chi connectivity index (χ0) is 19.8. The summed E-state index contributed by atoms with van der Waals surface area (Å²) in [6.45, 7) is 3.63. The van der Waals surface area contributed by atoms with Gasteiger partial charge in [-0.25, -0.2) is 8.42 Å². The van der Waals surface area contributed by atoms with Gasteiger partial charge in [0.2, 0.25) is 15.8 Å². The lowest BCUT2D eigenvalue weighted by Gasteiger charge is -2.23. The standard InChI is InChI=1S/C18H25N3O5S/c1-11-18(12(2)20-19-11)27(22,23)21(14-6-7-14)10-13-8-15(24-3)17(26-5)16(9-13)25-4/h8-9,14H,6-7,10H2,1-5H3,(H,19,20). The van der Waals surface area contributed by atoms with E-state index in [1.807, 2.05) is 0 Å². The molecular weight excluding hydrogens is 370 g/mol. The van der Waals surface area contributed by atoms with Crippen LogP contribution in [0.3, 0.4) is 0 Å². The van der Waals surface area contributed by atoms with Crippen LogP contribution in [-0.2, 0) is 16.6 Å². The van der Waals surface area contributed by atoms with Crippen LogP contribution in [0.4, 0.5) is 0 Å². The Morgan fingerprint density at radius 1 is 1.11 bits per heavy atom. The van der Waals surface area contributed by atoms with Crippen LogP contribution in [0.5, 0.6) is 17.2 Å². The molecular formula is C18H25N3O5S. The molecule has 9 heteroatoms. The average Bonchev–Trinajstić information content (AvgIpc) is 3.42. The van der Waals surface area contributed by atoms with E-state index in [1.165, 1.54) is 21.3 Å². The summed E-state index contributed by atoms with van der Waals surface area (Å²) in [5.74, 6) is 1.47. The Balaban J connectivity index is 2.01. The predicted octanol–water partition coefficient (Wildman–Crippen LogP) is 2.41. The summed E-state index contributed by atoms with van der Waals surface area (Å²) in [7, 11) is 0.924. The van der Waals surface area contributed by atoms with E-state index in [2.05, 4.69) is 10.2 Å². The SMILES string of the molecule is COc1cc(CN(C2CC2)S(=O)(=O)c2c(C)n[nH]c2C)cc(OC)c1OC. The first-order valence-electron chi connectivity index (χ1n) is 8.65. The van der Waals surface area contributed by atoms with Crippen molar-refractivity contribution in [3.05, 3.63) is 29.1 Å². The summed E-state index contributed by atoms with van der Waals surface area (Å²) < 4.78 is 44.3. The maximum absolute atomic E-state index is 13.3. The number of rotatable bonds is 8. The monoisotopic (exact) mass is 395 g/mol. The van der Waals surface area contributed by atoms with Crippen molar-refractivity contribution < 1.29 is 22.6 Å². The molecule has 2 aromatic rings. The summed E-state index contributed by atoms with van der Waals surface area (Å²) in [5.41, 5.74) is 1.78. The van der Waals surface area contributed by atoms with Crippen LogP contribution < -0.4 is 14.2 Å². The third-order valence-corrected chi connectivity index (χ3v) is 6.81. The lowest BCUT2D eigenvalue weighted by molar-refractivity contribution is 0.322. The average molecular weight is 395 g/mol. The highest BCUT2D eigenvalue weighted by atomic mass is 32.2. The van der Waals surface area contributed by atoms with E-state index in [4.69, 9.17) is 14.2 Å². The van der Waals surface area contributed by atoms with Gasteiger partial charge in [-0.15, -0.1) is 0 Å². The van der Waals surface area contributed by atoms with Crippen molar-refractivity contribution in [2.75, 3.05) is 21.3 Å². The van der Waals surface area contributed by atoms with Crippen molar-refractivity contribution in [3.63, 3.8) is 0 Å². The molecule has 1 fully saturated rings. The van der Waals surface area contributed by atoms with Crippen LogP contribution in [0.15, 0.2) is 17.0 Å². The number of hydrogen-bond acceptors (Lipinski definition) is 6. The Hall–Kier alpha value is -2.26. The molecule has 1 aromatic carbocycles. The zero-order valence-corrected chi connectivity index (χ0v) is 17.0. The first kappa shape index (κ1) is 19.5. The molecule has 0 spiro atoms. The molecule has 8 nitrogen and oxygen atoms in total. The first-order valence-corrected chi connectivity index (χ1v) is 10.1. The van der Waals surface area contributed by atoms with Gasteiger partial charge in [0.25, 0.3) is 0 Å². The van der Waals surface area contributed by atoms with Crippen LogP contribution in [0.1, 0.15) is 29.8 Å². The Labute approximate surface area is 159 Å². The van der Waals surface area contributed by atoms with Gasteiger partial charge in [0.1, 0.15) is 4.90 Å². The number of aryl methyl sites for hydroxylation is 2.